The van der Waals surface area contributed by atoms with Gasteiger partial charge in [-0.05, 0) is 192 Å². The summed E-state index contributed by atoms with van der Waals surface area (Å²) in [6.07, 6.45) is 24.1. The molecule has 0 bridgehead atoms. The minimum absolute atomic E-state index is 0.729. The van der Waals surface area contributed by atoms with E-state index in [-0.39, 0.29) is 0 Å². The van der Waals surface area contributed by atoms with Crippen LogP contribution in [0.2, 0.25) is 0 Å². The van der Waals surface area contributed by atoms with Gasteiger partial charge in [-0.3, -0.25) is 19.9 Å². The average Bonchev–Trinajstić information content (AvgIpc) is 3.39. The second-order valence-electron chi connectivity index (χ2n) is 17.5. The van der Waals surface area contributed by atoms with Gasteiger partial charge in [0.1, 0.15) is 23.3 Å². The van der Waals surface area contributed by atoms with E-state index in [4.69, 9.17) is 0 Å². The zero-order chi connectivity index (χ0) is 58.1. The van der Waals surface area contributed by atoms with Gasteiger partial charge in [-0.25, -0.2) is 39.9 Å². The molecule has 0 N–H and O–H groups in total. The molecule has 0 unspecified atom stereocenters. The zero-order valence-corrected chi connectivity index (χ0v) is 48.4. The van der Waals surface area contributed by atoms with Gasteiger partial charge in [0.15, 0.2) is 24.3 Å². The Hall–Kier alpha value is -9.18. The molecule has 0 atom stereocenters. The Labute approximate surface area is 463 Å². The Balaban J connectivity index is 0.000000434. The van der Waals surface area contributed by atoms with Crippen molar-refractivity contribution in [2.75, 3.05) is 0 Å². The Bertz CT molecular complexity index is 2680. The van der Waals surface area contributed by atoms with Gasteiger partial charge in [0.05, 0.1) is 0 Å². The summed E-state index contributed by atoms with van der Waals surface area (Å²) in [4.78, 5) is 47.8. The van der Waals surface area contributed by atoms with Gasteiger partial charge in [0, 0.05) is 128 Å². The van der Waals surface area contributed by atoms with Crippen LogP contribution in [-0.4, -0.2) is 59.8 Å². The molecule has 0 radical (unpaired) electrons. The third kappa shape index (κ3) is 37.5. The molecule has 0 aliphatic heterocycles. The van der Waals surface area contributed by atoms with E-state index >= 15 is 0 Å². The van der Waals surface area contributed by atoms with Crippen molar-refractivity contribution in [1.82, 2.24) is 59.8 Å². The van der Waals surface area contributed by atoms with Crippen molar-refractivity contribution in [2.24, 2.45) is 0 Å². The Morgan fingerprint density at radius 3 is 1.18 bits per heavy atom. The maximum atomic E-state index is 10.5. The van der Waals surface area contributed by atoms with Gasteiger partial charge >= 0.3 is 0 Å². The van der Waals surface area contributed by atoms with Crippen LogP contribution in [-0.2, 0) is 0 Å². The monoisotopic (exact) mass is 1050 g/mol. The van der Waals surface area contributed by atoms with Gasteiger partial charge in [-0.1, -0.05) is 18.2 Å². The maximum Gasteiger partial charge on any atom is 0.189 e. The lowest BCUT2D eigenvalue weighted by Gasteiger charge is -1.95. The smallest absolute Gasteiger partial charge is 0.189 e. The molecule has 0 aliphatic rings. The summed E-state index contributed by atoms with van der Waals surface area (Å²) in [5.41, 5.74) is 13.2. The molecule has 0 aliphatic carbocycles. The average molecular weight is 1050 g/mol. The molecule has 0 aromatic carbocycles. The van der Waals surface area contributed by atoms with Crippen molar-refractivity contribution < 1.29 is 9.46 Å². The highest BCUT2D eigenvalue weighted by Gasteiger charge is 1.92. The van der Waals surface area contributed by atoms with Crippen LogP contribution < -0.4 is 9.46 Å². The molecule has 0 amide bonds. The fourth-order valence-corrected chi connectivity index (χ4v) is 5.41. The summed E-state index contributed by atoms with van der Waals surface area (Å²) in [5.74, 6) is 3.34. The van der Waals surface area contributed by atoms with E-state index in [2.05, 4.69) is 78.9 Å². The van der Waals surface area contributed by atoms with Crippen LogP contribution in [0, 0.1) is 121 Å². The van der Waals surface area contributed by atoms with Crippen molar-refractivity contribution in [3.05, 3.63) is 285 Å². The first-order valence-corrected chi connectivity index (χ1v) is 25.0. The van der Waals surface area contributed by atoms with Crippen LogP contribution in [0.3, 0.4) is 0 Å². The second kappa shape index (κ2) is 40.2. The number of hydrogen-bond donors (Lipinski definition) is 0. The highest BCUT2D eigenvalue weighted by Crippen LogP contribution is 1.98. The molecule has 10 rings (SSSR count). The largest absolute Gasteiger partial charge is 0.619 e. The summed E-state index contributed by atoms with van der Waals surface area (Å²) < 4.78 is 1.60. The molecule has 16 heteroatoms. The SMILES string of the molecule is Cc1cc(C)nc(C)n1.Cc1cc[n+]([O-])cc1.Cc1ccc(C)nc1.Cc1cccc[n+]1[O-].Cc1cccnc1.Cc1ccnc(C)c1.Cc1ccnc(C)n1.Cc1ccncc1.Cc1cnc(C)nc1.Cc1ncccn1. The minimum atomic E-state index is 0.729. The summed E-state index contributed by atoms with van der Waals surface area (Å²) in [6.45, 7) is 31.2. The zero-order valence-electron chi connectivity index (χ0n) is 48.4. The first-order chi connectivity index (χ1) is 37.1. The van der Waals surface area contributed by atoms with Crippen molar-refractivity contribution in [3.8, 4) is 0 Å². The fraction of sp³-hybridized carbons (Fsp3) is 0.258. The van der Waals surface area contributed by atoms with Crippen LogP contribution in [0.5, 0.6) is 0 Å². The maximum absolute atomic E-state index is 10.5. The second-order valence-corrected chi connectivity index (χ2v) is 17.5. The molecule has 16 nitrogen and oxygen atoms in total. The Morgan fingerprint density at radius 2 is 0.833 bits per heavy atom. The normalized spacial score (nSPS) is 9.13. The number of pyridine rings is 6. The number of hydrogen-bond acceptors (Lipinski definition) is 14. The Kier molecular flexibility index (Phi) is 34.4. The van der Waals surface area contributed by atoms with Crippen LogP contribution in [0.25, 0.3) is 0 Å². The minimum Gasteiger partial charge on any atom is -0.619 e. The third-order valence-corrected chi connectivity index (χ3v) is 9.37. The van der Waals surface area contributed by atoms with E-state index in [1.54, 1.807) is 74.4 Å². The lowest BCUT2D eigenvalue weighted by Crippen LogP contribution is -2.28. The number of rotatable bonds is 0. The van der Waals surface area contributed by atoms with Gasteiger partial charge < -0.3 is 10.4 Å². The highest BCUT2D eigenvalue weighted by molar-refractivity contribution is 5.13. The summed E-state index contributed by atoms with van der Waals surface area (Å²) >= 11 is 0. The molecule has 10 heterocycles. The van der Waals surface area contributed by atoms with E-state index in [1.807, 2.05) is 183 Å². The van der Waals surface area contributed by atoms with Crippen molar-refractivity contribution in [1.29, 1.82) is 0 Å². The molecule has 0 saturated carbocycles. The Morgan fingerprint density at radius 1 is 0.295 bits per heavy atom. The molecule has 0 spiro atoms. The summed E-state index contributed by atoms with van der Waals surface area (Å²) in [7, 11) is 0. The molecular formula is C62H78N14O2. The van der Waals surface area contributed by atoms with Crippen molar-refractivity contribution >= 4 is 0 Å². The lowest BCUT2D eigenvalue weighted by molar-refractivity contribution is -0.612. The highest BCUT2D eigenvalue weighted by atomic mass is 16.5. The first-order valence-electron chi connectivity index (χ1n) is 25.0. The van der Waals surface area contributed by atoms with Crippen LogP contribution in [0.1, 0.15) is 90.8 Å². The molecule has 78 heavy (non-hydrogen) atoms. The van der Waals surface area contributed by atoms with E-state index in [9.17, 15) is 10.4 Å². The lowest BCUT2D eigenvalue weighted by atomic mass is 10.3. The fourth-order valence-electron chi connectivity index (χ4n) is 5.41. The topological polar surface area (TPSA) is 209 Å². The van der Waals surface area contributed by atoms with Gasteiger partial charge in [-0.2, -0.15) is 9.46 Å². The van der Waals surface area contributed by atoms with E-state index in [1.165, 1.54) is 40.8 Å². The van der Waals surface area contributed by atoms with Crippen LogP contribution in [0.15, 0.2) is 184 Å². The summed E-state index contributed by atoms with van der Waals surface area (Å²) in [5, 5.41) is 20.9. The molecular weight excluding hydrogens is 973 g/mol. The van der Waals surface area contributed by atoms with E-state index in [0.717, 1.165) is 78.0 Å². The molecule has 0 fully saturated rings. The number of nitrogens with zero attached hydrogens (tertiary/aromatic N) is 14. The van der Waals surface area contributed by atoms with Crippen molar-refractivity contribution in [3.63, 3.8) is 0 Å². The van der Waals surface area contributed by atoms with Crippen LogP contribution >= 0.6 is 0 Å². The molecule has 10 aromatic heterocycles. The summed E-state index contributed by atoms with van der Waals surface area (Å²) in [6, 6.07) is 30.5. The molecule has 10 aromatic rings. The molecule has 408 valence electrons. The predicted octanol–water partition coefficient (Wildman–Crippen LogP) is 11.8. The van der Waals surface area contributed by atoms with Crippen LogP contribution in [0.4, 0.5) is 0 Å². The third-order valence-electron chi connectivity index (χ3n) is 9.37. The van der Waals surface area contributed by atoms with Gasteiger partial charge in [0.2, 0.25) is 0 Å². The van der Waals surface area contributed by atoms with Gasteiger partial charge in [-0.15, -0.1) is 0 Å². The number of aryl methyl sites for hydroxylation is 16. The van der Waals surface area contributed by atoms with E-state index in [0.29, 0.717) is 0 Å². The number of aromatic nitrogens is 14. The first kappa shape index (κ1) is 66.8. The standard InChI is InChI=1S/C7H10N2.2C7H9N.2C6H8N2.2C6H7NO.2C6H7N.C5H6N2/c1-5-4-6(2)9-7(3)8-5;1-6-3-4-8-7(2)5-6;1-6-3-4-7(2)8-5-6;1-5-3-7-6(2)8-4-5;1-5-3-4-7-6(2)8-5;1-6-2-4-7(8)5-3-6;1-6-4-2-3-5-7(6)8;1-6-2-4-7-5-3-6;1-6-3-2-4-7-5-6;1-5-6-3-2-4-7-5/h4H,1-3H3;2*3-5H,1-2H3;2*3-4H,1-2H3;2*2-5H,1H3;2*2-5H,1H3;2-4H,1H3. The van der Waals surface area contributed by atoms with Crippen molar-refractivity contribution in [2.45, 2.75) is 111 Å². The quantitative estimate of drug-likeness (QED) is 0.102. The molecule has 0 saturated heterocycles. The predicted molar refractivity (Wildman–Crippen MR) is 312 cm³/mol. The van der Waals surface area contributed by atoms with E-state index < -0.39 is 0 Å². The van der Waals surface area contributed by atoms with Gasteiger partial charge in [0.25, 0.3) is 0 Å².